The monoisotopic (exact) mass is 495 g/mol. The van der Waals surface area contributed by atoms with Crippen molar-refractivity contribution in [1.82, 2.24) is 10.2 Å². The first-order chi connectivity index (χ1) is 17.7. The average Bonchev–Trinajstić information content (AvgIpc) is 3.31. The Morgan fingerprint density at radius 1 is 0.838 bits per heavy atom. The first-order valence-corrected chi connectivity index (χ1v) is 11.3. The molecule has 0 radical (unpaired) electrons. The second-order valence-electron chi connectivity index (χ2n) is 8.56. The minimum absolute atomic E-state index is 0.163. The Morgan fingerprint density at radius 2 is 1.46 bits per heavy atom. The highest BCUT2D eigenvalue weighted by Gasteiger charge is 2.33. The molecule has 2 aliphatic rings. The second kappa shape index (κ2) is 9.15. The Balaban J connectivity index is 1.19. The van der Waals surface area contributed by atoms with E-state index in [1.807, 2.05) is 0 Å². The van der Waals surface area contributed by atoms with Crippen molar-refractivity contribution in [3.05, 3.63) is 99.6 Å². The first kappa shape index (κ1) is 23.6. The van der Waals surface area contributed by atoms with Gasteiger partial charge in [-0.2, -0.15) is 0 Å². The standard InChI is InChI=1S/C27H20N4O6/c1-31-26(36)19-9-5-16(13-21(19)27(31)37)23(33)29-17-6-2-14(3-7-17)10-11-28-22(32)15-4-8-18-20(12-15)25(35)30-24(18)34/h2-9,12-13H,10-11H2,1H3,(H,28,32)(H,29,33)(H,30,34,35)/p-1. The highest BCUT2D eigenvalue weighted by Crippen LogP contribution is 2.23. The van der Waals surface area contributed by atoms with Crippen LogP contribution in [0.2, 0.25) is 0 Å². The molecule has 5 rings (SSSR count). The Morgan fingerprint density at radius 3 is 2.22 bits per heavy atom. The van der Waals surface area contributed by atoms with E-state index in [4.69, 9.17) is 0 Å². The Kier molecular flexibility index (Phi) is 5.84. The van der Waals surface area contributed by atoms with E-state index in [1.54, 1.807) is 24.3 Å². The van der Waals surface area contributed by atoms with E-state index >= 15 is 0 Å². The van der Waals surface area contributed by atoms with Gasteiger partial charge < -0.3 is 15.4 Å². The number of hydrogen-bond acceptors (Lipinski definition) is 7. The number of amides is 5. The summed E-state index contributed by atoms with van der Waals surface area (Å²) < 4.78 is 0. The topological polar surface area (TPSA) is 148 Å². The number of anilines is 1. The Labute approximate surface area is 210 Å². The molecule has 0 bridgehead atoms. The molecule has 0 aromatic heterocycles. The molecule has 0 saturated carbocycles. The number of benzene rings is 3. The van der Waals surface area contributed by atoms with E-state index < -0.39 is 35.4 Å². The van der Waals surface area contributed by atoms with Gasteiger partial charge in [-0.3, -0.25) is 34.2 Å². The highest BCUT2D eigenvalue weighted by molar-refractivity contribution is 6.23. The van der Waals surface area contributed by atoms with E-state index in [1.165, 1.54) is 43.4 Å². The zero-order valence-corrected chi connectivity index (χ0v) is 19.5. The molecular formula is C27H19N4O6-. The fraction of sp³-hybridized carbons (Fsp3) is 0.111. The molecule has 5 amide bonds. The van der Waals surface area contributed by atoms with Gasteiger partial charge in [0.1, 0.15) is 0 Å². The van der Waals surface area contributed by atoms with Crippen LogP contribution in [0.15, 0.2) is 65.7 Å². The van der Waals surface area contributed by atoms with Crippen LogP contribution in [0.4, 0.5) is 5.69 Å². The van der Waals surface area contributed by atoms with E-state index in [9.17, 15) is 29.1 Å². The molecule has 2 N–H and O–H groups in total. The van der Waals surface area contributed by atoms with Crippen LogP contribution in [0.25, 0.3) is 0 Å². The first-order valence-electron chi connectivity index (χ1n) is 11.3. The van der Waals surface area contributed by atoms with Crippen LogP contribution in [-0.2, 0) is 6.42 Å². The van der Waals surface area contributed by atoms with Crippen LogP contribution in [0.3, 0.4) is 0 Å². The van der Waals surface area contributed by atoms with Gasteiger partial charge >= 0.3 is 0 Å². The zero-order valence-electron chi connectivity index (χ0n) is 19.5. The van der Waals surface area contributed by atoms with Gasteiger partial charge in [-0.25, -0.2) is 0 Å². The third-order valence-corrected chi connectivity index (χ3v) is 6.20. The largest absolute Gasteiger partial charge is 0.858 e. The highest BCUT2D eigenvalue weighted by atomic mass is 16.3. The molecule has 0 fully saturated rings. The predicted molar refractivity (Wildman–Crippen MR) is 131 cm³/mol. The average molecular weight is 495 g/mol. The summed E-state index contributed by atoms with van der Waals surface area (Å²) in [5.41, 5.74) is 2.78. The molecule has 3 aromatic rings. The molecule has 184 valence electrons. The Bertz CT molecular complexity index is 1540. The van der Waals surface area contributed by atoms with Crippen molar-refractivity contribution in [2.24, 2.45) is 4.99 Å². The molecule has 0 unspecified atom stereocenters. The van der Waals surface area contributed by atoms with Crippen molar-refractivity contribution in [3.63, 3.8) is 0 Å². The summed E-state index contributed by atoms with van der Waals surface area (Å²) in [7, 11) is 1.39. The van der Waals surface area contributed by atoms with Gasteiger partial charge in [0.05, 0.1) is 22.3 Å². The number of hydrogen-bond donors (Lipinski definition) is 2. The van der Waals surface area contributed by atoms with Gasteiger partial charge in [0.2, 0.25) is 0 Å². The molecule has 3 aromatic carbocycles. The summed E-state index contributed by atoms with van der Waals surface area (Å²) in [6.45, 7) is 0.211. The minimum Gasteiger partial charge on any atom is -0.858 e. The molecule has 0 spiro atoms. The van der Waals surface area contributed by atoms with Crippen molar-refractivity contribution in [2.45, 2.75) is 6.42 Å². The quantitative estimate of drug-likeness (QED) is 0.300. The van der Waals surface area contributed by atoms with Crippen molar-refractivity contribution in [3.8, 4) is 0 Å². The van der Waals surface area contributed by atoms with Gasteiger partial charge in [0.15, 0.2) is 0 Å². The number of nitrogens with one attached hydrogen (secondary N) is 2. The fourth-order valence-electron chi connectivity index (χ4n) is 4.14. The number of carbonyl (C=O) groups excluding carboxylic acids is 5. The van der Waals surface area contributed by atoms with Crippen LogP contribution in [-0.4, -0.2) is 53.9 Å². The van der Waals surface area contributed by atoms with Gasteiger partial charge in [-0.1, -0.05) is 18.2 Å². The summed E-state index contributed by atoms with van der Waals surface area (Å²) in [6.07, 6.45) is 0.471. The fourth-order valence-corrected chi connectivity index (χ4v) is 4.14. The maximum absolute atomic E-state index is 12.6. The van der Waals surface area contributed by atoms with Crippen LogP contribution in [0.1, 0.15) is 62.9 Å². The third-order valence-electron chi connectivity index (χ3n) is 6.20. The third kappa shape index (κ3) is 4.36. The lowest BCUT2D eigenvalue weighted by Crippen LogP contribution is -2.24. The molecule has 0 atom stereocenters. The summed E-state index contributed by atoms with van der Waals surface area (Å²) >= 11 is 0. The molecule has 10 heteroatoms. The van der Waals surface area contributed by atoms with Gasteiger partial charge in [0, 0.05) is 24.8 Å². The molecule has 2 heterocycles. The summed E-state index contributed by atoms with van der Waals surface area (Å²) in [4.78, 5) is 65.3. The molecular weight excluding hydrogens is 476 g/mol. The van der Waals surface area contributed by atoms with Crippen molar-refractivity contribution in [1.29, 1.82) is 0 Å². The lowest BCUT2D eigenvalue weighted by atomic mass is 10.1. The van der Waals surface area contributed by atoms with E-state index in [2.05, 4.69) is 15.6 Å². The smallest absolute Gasteiger partial charge is 0.261 e. The zero-order chi connectivity index (χ0) is 26.3. The predicted octanol–water partition coefficient (Wildman–Crippen LogP) is 1.40. The normalized spacial score (nSPS) is 14.5. The summed E-state index contributed by atoms with van der Waals surface area (Å²) in [6, 6.07) is 15.6. The van der Waals surface area contributed by atoms with Crippen LogP contribution in [0, 0.1) is 0 Å². The van der Waals surface area contributed by atoms with E-state index in [-0.39, 0.29) is 39.9 Å². The van der Waals surface area contributed by atoms with Gasteiger partial charge in [0.25, 0.3) is 29.5 Å². The second-order valence-corrected chi connectivity index (χ2v) is 8.56. The SMILES string of the molecule is CN1C(=O)c2ccc(C(=O)Nc3ccc(CCN=C([O-])c4ccc5c(c4)C(=O)NC5=O)cc3)cc2C1=O. The van der Waals surface area contributed by atoms with Crippen LogP contribution >= 0.6 is 0 Å². The number of fused-ring (bicyclic) bond motifs is 2. The molecule has 2 aliphatic heterocycles. The van der Waals surface area contributed by atoms with Crippen molar-refractivity contribution in [2.75, 3.05) is 18.9 Å². The summed E-state index contributed by atoms with van der Waals surface area (Å²) in [5.74, 6) is -2.77. The van der Waals surface area contributed by atoms with E-state index in [0.29, 0.717) is 12.1 Å². The number of carbonyl (C=O) groups is 5. The molecule has 10 nitrogen and oxygen atoms in total. The van der Waals surface area contributed by atoms with Gasteiger partial charge in [-0.05, 0) is 65.9 Å². The maximum atomic E-state index is 12.6. The lowest BCUT2D eigenvalue weighted by Gasteiger charge is -2.12. The molecule has 0 aliphatic carbocycles. The van der Waals surface area contributed by atoms with Gasteiger partial charge in [-0.15, -0.1) is 0 Å². The molecule has 37 heavy (non-hydrogen) atoms. The molecule has 0 saturated heterocycles. The summed E-state index contributed by atoms with van der Waals surface area (Å²) in [5, 5.41) is 17.3. The maximum Gasteiger partial charge on any atom is 0.261 e. The van der Waals surface area contributed by atoms with Crippen LogP contribution < -0.4 is 15.7 Å². The number of nitrogens with zero attached hydrogens (tertiary/aromatic N) is 2. The Hall–Kier alpha value is -5.12. The van der Waals surface area contributed by atoms with Crippen molar-refractivity contribution < 1.29 is 29.1 Å². The van der Waals surface area contributed by atoms with Crippen LogP contribution in [0.5, 0.6) is 0 Å². The number of rotatable bonds is 6. The van der Waals surface area contributed by atoms with E-state index in [0.717, 1.165) is 10.5 Å². The number of imide groups is 2. The minimum atomic E-state index is -0.533. The van der Waals surface area contributed by atoms with Crippen molar-refractivity contribution >= 4 is 41.1 Å². The lowest BCUT2D eigenvalue weighted by molar-refractivity contribution is -0.213. The number of aliphatic imine (C=N–C) groups is 1.